The minimum Gasteiger partial charge on any atom is -0.496 e. The summed E-state index contributed by atoms with van der Waals surface area (Å²) in [4.78, 5) is 22.6. The average molecular weight is 468 g/mol. The van der Waals surface area contributed by atoms with Gasteiger partial charge in [-0.2, -0.15) is 0 Å². The maximum atomic E-state index is 12.3. The fraction of sp³-hybridized carbons (Fsp3) is 0.0870. The minimum absolute atomic E-state index is 0.00232. The summed E-state index contributed by atoms with van der Waals surface area (Å²) in [7, 11) is 1.57. The Morgan fingerprint density at radius 3 is 2.40 bits per heavy atom. The van der Waals surface area contributed by atoms with E-state index in [4.69, 9.17) is 9.47 Å². The van der Waals surface area contributed by atoms with Crippen molar-refractivity contribution >= 4 is 33.5 Å². The third-order valence-corrected chi connectivity index (χ3v) is 4.83. The predicted molar refractivity (Wildman–Crippen MR) is 118 cm³/mol. The highest BCUT2D eigenvalue weighted by Crippen LogP contribution is 2.24. The zero-order chi connectivity index (χ0) is 21.5. The summed E-state index contributed by atoms with van der Waals surface area (Å²) in [5.74, 6) is 1.06. The molecule has 0 unspecified atom stereocenters. The Morgan fingerprint density at radius 1 is 1.07 bits per heavy atom. The van der Waals surface area contributed by atoms with E-state index in [0.29, 0.717) is 17.1 Å². The van der Waals surface area contributed by atoms with Gasteiger partial charge in [0.15, 0.2) is 5.78 Å². The number of carbonyl (C=O) groups is 1. The van der Waals surface area contributed by atoms with Crippen molar-refractivity contribution < 1.29 is 19.2 Å². The maximum Gasteiger partial charge on any atom is 0.269 e. The molecule has 7 heteroatoms. The van der Waals surface area contributed by atoms with Crippen molar-refractivity contribution in [3.8, 4) is 11.5 Å². The molecule has 0 saturated heterocycles. The molecule has 0 atom stereocenters. The minimum atomic E-state index is -0.460. The lowest BCUT2D eigenvalue weighted by Crippen LogP contribution is -2.00. The molecule has 3 rings (SSSR count). The molecule has 0 radical (unpaired) electrons. The topological polar surface area (TPSA) is 78.7 Å². The Labute approximate surface area is 182 Å². The third-order valence-electron chi connectivity index (χ3n) is 4.30. The molecule has 152 valence electrons. The number of halogens is 1. The molecular formula is C23H18BrNO5. The summed E-state index contributed by atoms with van der Waals surface area (Å²) in [6.45, 7) is 0.212. The number of rotatable bonds is 8. The van der Waals surface area contributed by atoms with Crippen molar-refractivity contribution in [1.82, 2.24) is 0 Å². The summed E-state index contributed by atoms with van der Waals surface area (Å²) in [5, 5.41) is 10.7. The number of nitro groups is 1. The van der Waals surface area contributed by atoms with E-state index in [1.165, 1.54) is 18.2 Å². The summed E-state index contributed by atoms with van der Waals surface area (Å²) in [5.41, 5.74) is 2.21. The second-order valence-electron chi connectivity index (χ2n) is 6.32. The van der Waals surface area contributed by atoms with E-state index >= 15 is 0 Å². The van der Waals surface area contributed by atoms with Gasteiger partial charge in [0.1, 0.15) is 18.1 Å². The zero-order valence-corrected chi connectivity index (χ0v) is 17.7. The van der Waals surface area contributed by atoms with E-state index < -0.39 is 4.92 Å². The van der Waals surface area contributed by atoms with Gasteiger partial charge in [-0.15, -0.1) is 0 Å². The van der Waals surface area contributed by atoms with Crippen LogP contribution in [-0.2, 0) is 6.61 Å². The number of nitro benzene ring substituents is 1. The molecule has 0 aliphatic carbocycles. The predicted octanol–water partition coefficient (Wildman–Crippen LogP) is 5.84. The van der Waals surface area contributed by atoms with E-state index in [1.54, 1.807) is 43.5 Å². The Balaban J connectivity index is 1.72. The molecule has 0 heterocycles. The van der Waals surface area contributed by atoms with Crippen molar-refractivity contribution in [2.45, 2.75) is 6.61 Å². The molecule has 0 fully saturated rings. The molecule has 0 aliphatic rings. The molecular weight excluding hydrogens is 450 g/mol. The Kier molecular flexibility index (Phi) is 6.98. The first-order valence-corrected chi connectivity index (χ1v) is 9.78. The first-order chi connectivity index (χ1) is 14.5. The van der Waals surface area contributed by atoms with Crippen LogP contribution in [0.2, 0.25) is 0 Å². The number of hydrogen-bond acceptors (Lipinski definition) is 5. The van der Waals surface area contributed by atoms with Crippen LogP contribution < -0.4 is 9.47 Å². The summed E-state index contributed by atoms with van der Waals surface area (Å²) in [6, 6.07) is 18.6. The largest absolute Gasteiger partial charge is 0.496 e. The number of allylic oxidation sites excluding steroid dienone is 1. The Morgan fingerprint density at radius 2 is 1.77 bits per heavy atom. The van der Waals surface area contributed by atoms with Gasteiger partial charge in [-0.3, -0.25) is 14.9 Å². The van der Waals surface area contributed by atoms with Gasteiger partial charge in [-0.1, -0.05) is 28.1 Å². The summed E-state index contributed by atoms with van der Waals surface area (Å²) in [6.07, 6.45) is 3.26. The van der Waals surface area contributed by atoms with Gasteiger partial charge in [0.05, 0.1) is 12.0 Å². The Hall–Kier alpha value is -3.45. The number of methoxy groups -OCH3 is 1. The lowest BCUT2D eigenvalue weighted by molar-refractivity contribution is -0.384. The van der Waals surface area contributed by atoms with Gasteiger partial charge >= 0.3 is 0 Å². The smallest absolute Gasteiger partial charge is 0.269 e. The summed E-state index contributed by atoms with van der Waals surface area (Å²) < 4.78 is 12.0. The van der Waals surface area contributed by atoms with Gasteiger partial charge < -0.3 is 9.47 Å². The van der Waals surface area contributed by atoms with Crippen LogP contribution in [0, 0.1) is 10.1 Å². The Bertz CT molecular complexity index is 1080. The first kappa shape index (κ1) is 21.3. The number of nitrogens with zero attached hydrogens (tertiary/aromatic N) is 1. The van der Waals surface area contributed by atoms with Crippen molar-refractivity contribution in [1.29, 1.82) is 0 Å². The molecule has 6 nitrogen and oxygen atoms in total. The highest BCUT2D eigenvalue weighted by Gasteiger charge is 2.08. The van der Waals surface area contributed by atoms with Crippen LogP contribution in [0.4, 0.5) is 5.69 Å². The van der Waals surface area contributed by atoms with Crippen molar-refractivity contribution in [2.75, 3.05) is 7.11 Å². The standard InChI is InChI=1S/C23H18BrNO5/c1-29-23-13-3-16(2-12-22(26)17-4-6-19(24)7-5-17)14-18(23)15-30-21-10-8-20(9-11-21)25(27)28/h2-14H,15H2,1H3/b12-2+. The second-order valence-corrected chi connectivity index (χ2v) is 7.23. The van der Waals surface area contributed by atoms with Crippen LogP contribution in [0.3, 0.4) is 0 Å². The van der Waals surface area contributed by atoms with Crippen LogP contribution >= 0.6 is 15.9 Å². The number of non-ortho nitro benzene ring substituents is 1. The third kappa shape index (κ3) is 5.55. The van der Waals surface area contributed by atoms with Crippen molar-refractivity contribution in [2.24, 2.45) is 0 Å². The van der Waals surface area contributed by atoms with E-state index in [2.05, 4.69) is 15.9 Å². The lowest BCUT2D eigenvalue weighted by Gasteiger charge is -2.11. The normalized spacial score (nSPS) is 10.7. The van der Waals surface area contributed by atoms with Crippen molar-refractivity contribution in [3.63, 3.8) is 0 Å². The molecule has 0 amide bonds. The van der Waals surface area contributed by atoms with Crippen LogP contribution in [0.5, 0.6) is 11.5 Å². The van der Waals surface area contributed by atoms with Gasteiger partial charge in [-0.05, 0) is 60.2 Å². The van der Waals surface area contributed by atoms with Crippen LogP contribution in [0.15, 0.2) is 77.3 Å². The first-order valence-electron chi connectivity index (χ1n) is 8.98. The molecule has 0 bridgehead atoms. The fourth-order valence-electron chi connectivity index (χ4n) is 2.72. The van der Waals surface area contributed by atoms with E-state index in [9.17, 15) is 14.9 Å². The number of carbonyl (C=O) groups excluding carboxylic acids is 1. The number of ketones is 1. The quantitative estimate of drug-likeness (QED) is 0.180. The van der Waals surface area contributed by atoms with Crippen molar-refractivity contribution in [3.05, 3.63) is 104 Å². The fourth-order valence-corrected chi connectivity index (χ4v) is 2.99. The number of benzene rings is 3. The second kappa shape index (κ2) is 9.84. The van der Waals surface area contributed by atoms with Gasteiger partial charge in [0.2, 0.25) is 0 Å². The van der Waals surface area contributed by atoms with E-state index in [-0.39, 0.29) is 18.1 Å². The highest BCUT2D eigenvalue weighted by molar-refractivity contribution is 9.10. The number of hydrogen-bond donors (Lipinski definition) is 0. The molecule has 0 aliphatic heterocycles. The van der Waals surface area contributed by atoms with Gasteiger partial charge in [0.25, 0.3) is 5.69 Å². The van der Waals surface area contributed by atoms with Crippen LogP contribution in [0.25, 0.3) is 6.08 Å². The van der Waals surface area contributed by atoms with Gasteiger partial charge in [-0.25, -0.2) is 0 Å². The van der Waals surface area contributed by atoms with Gasteiger partial charge in [0, 0.05) is 27.7 Å². The SMILES string of the molecule is COc1ccc(/C=C/C(=O)c2ccc(Br)cc2)cc1COc1ccc([N+](=O)[O-])cc1. The molecule has 0 aromatic heterocycles. The van der Waals surface area contributed by atoms with E-state index in [0.717, 1.165) is 15.6 Å². The molecule has 0 N–H and O–H groups in total. The molecule has 3 aromatic carbocycles. The van der Waals surface area contributed by atoms with E-state index in [1.807, 2.05) is 24.3 Å². The molecule has 0 spiro atoms. The zero-order valence-electron chi connectivity index (χ0n) is 16.1. The molecule has 30 heavy (non-hydrogen) atoms. The van der Waals surface area contributed by atoms with Crippen LogP contribution in [-0.4, -0.2) is 17.8 Å². The monoisotopic (exact) mass is 467 g/mol. The maximum absolute atomic E-state index is 12.3. The van der Waals surface area contributed by atoms with Crippen LogP contribution in [0.1, 0.15) is 21.5 Å². The highest BCUT2D eigenvalue weighted by atomic mass is 79.9. The summed E-state index contributed by atoms with van der Waals surface area (Å²) >= 11 is 3.35. The average Bonchev–Trinajstić information content (AvgIpc) is 2.76. The molecule has 0 saturated carbocycles. The lowest BCUT2D eigenvalue weighted by atomic mass is 10.1. The number of ether oxygens (including phenoxy) is 2. The molecule has 3 aromatic rings.